The highest BCUT2D eigenvalue weighted by atomic mass is 32.1. The Morgan fingerprint density at radius 1 is 0.383 bits per heavy atom. The summed E-state index contributed by atoms with van der Waals surface area (Å²) in [6.45, 7) is 0. The van der Waals surface area contributed by atoms with Gasteiger partial charge in [0.2, 0.25) is 0 Å². The van der Waals surface area contributed by atoms with Crippen molar-refractivity contribution in [3.63, 3.8) is 0 Å². The Kier molecular flexibility index (Phi) is 6.09. The van der Waals surface area contributed by atoms with Crippen molar-refractivity contribution in [2.75, 3.05) is 0 Å². The second kappa shape index (κ2) is 10.6. The van der Waals surface area contributed by atoms with E-state index in [4.69, 9.17) is 15.0 Å². The zero-order valence-corrected chi connectivity index (χ0v) is 27.3. The van der Waals surface area contributed by atoms with Crippen LogP contribution in [-0.2, 0) is 0 Å². The number of aromatic nitrogens is 3. The second-order valence-corrected chi connectivity index (χ2v) is 14.8. The van der Waals surface area contributed by atoms with Gasteiger partial charge in [-0.15, -0.1) is 34.0 Å². The van der Waals surface area contributed by atoms with Crippen LogP contribution in [0.3, 0.4) is 0 Å². The number of nitrogens with zero attached hydrogens (tertiary/aromatic N) is 3. The Morgan fingerprint density at radius 3 is 1.91 bits per heavy atom. The van der Waals surface area contributed by atoms with Gasteiger partial charge in [0.15, 0.2) is 5.82 Å². The van der Waals surface area contributed by atoms with E-state index < -0.39 is 0 Å². The summed E-state index contributed by atoms with van der Waals surface area (Å²) < 4.78 is 6.19. The van der Waals surface area contributed by atoms with Crippen LogP contribution in [0.5, 0.6) is 0 Å². The lowest BCUT2D eigenvalue weighted by molar-refractivity contribution is 1.19. The molecule has 10 rings (SSSR count). The van der Waals surface area contributed by atoms with Crippen molar-refractivity contribution < 1.29 is 0 Å². The van der Waals surface area contributed by atoms with Gasteiger partial charge in [-0.1, -0.05) is 103 Å². The van der Waals surface area contributed by atoms with E-state index in [0.717, 1.165) is 50.0 Å². The van der Waals surface area contributed by atoms with Crippen LogP contribution in [0.4, 0.5) is 0 Å². The van der Waals surface area contributed by atoms with E-state index in [-0.39, 0.29) is 0 Å². The van der Waals surface area contributed by atoms with Gasteiger partial charge in [-0.25, -0.2) is 15.0 Å². The molecule has 0 atom stereocenters. The molecule has 4 aromatic heterocycles. The third-order valence-electron chi connectivity index (χ3n) is 8.74. The predicted octanol–water partition coefficient (Wildman–Crippen LogP) is 12.5. The van der Waals surface area contributed by atoms with Crippen LogP contribution in [0, 0.1) is 0 Å². The van der Waals surface area contributed by atoms with Gasteiger partial charge in [0.25, 0.3) is 0 Å². The fourth-order valence-electron chi connectivity index (χ4n) is 6.50. The van der Waals surface area contributed by atoms with Crippen molar-refractivity contribution >= 4 is 84.6 Å². The lowest BCUT2D eigenvalue weighted by Crippen LogP contribution is -1.96. The van der Waals surface area contributed by atoms with Gasteiger partial charge in [0, 0.05) is 62.6 Å². The number of thiazole rings is 1. The highest BCUT2D eigenvalue weighted by molar-refractivity contribution is 7.26. The molecular weight excluding hydrogens is 631 g/mol. The van der Waals surface area contributed by atoms with Crippen LogP contribution in [-0.4, -0.2) is 15.0 Å². The minimum atomic E-state index is 0.734. The zero-order valence-electron chi connectivity index (χ0n) is 24.8. The maximum Gasteiger partial charge on any atom is 0.161 e. The molecule has 0 radical (unpaired) electrons. The molecule has 0 spiro atoms. The largest absolute Gasteiger partial charge is 0.236 e. The van der Waals surface area contributed by atoms with Gasteiger partial charge in [0.05, 0.1) is 21.6 Å². The van der Waals surface area contributed by atoms with Gasteiger partial charge >= 0.3 is 0 Å². The van der Waals surface area contributed by atoms with Crippen molar-refractivity contribution in [2.24, 2.45) is 0 Å². The Bertz CT molecular complexity index is 2790. The molecule has 0 N–H and O–H groups in total. The van der Waals surface area contributed by atoms with Crippen molar-refractivity contribution in [1.29, 1.82) is 0 Å². The SMILES string of the molecule is c1ccc(-c2cc(-c3ccc4c(c3)sc3ccccc34)nc(-c3cccc4sc5cc6nc(-c7ccccc7)sc6cc5c34)n2)cc1. The fourth-order valence-corrected chi connectivity index (χ4v) is 9.78. The van der Waals surface area contributed by atoms with Gasteiger partial charge < -0.3 is 0 Å². The predicted molar refractivity (Wildman–Crippen MR) is 203 cm³/mol. The first-order chi connectivity index (χ1) is 23.2. The molecule has 0 unspecified atom stereocenters. The molecule has 0 aliphatic carbocycles. The lowest BCUT2D eigenvalue weighted by Gasteiger charge is -2.11. The fraction of sp³-hybridized carbons (Fsp3) is 0. The van der Waals surface area contributed by atoms with Crippen LogP contribution in [0.1, 0.15) is 0 Å². The Labute approximate surface area is 282 Å². The maximum atomic E-state index is 5.29. The summed E-state index contributed by atoms with van der Waals surface area (Å²) in [6.07, 6.45) is 0. The molecule has 0 aliphatic rings. The molecule has 0 aliphatic heterocycles. The summed E-state index contributed by atoms with van der Waals surface area (Å²) >= 11 is 5.38. The first-order valence-corrected chi connectivity index (χ1v) is 17.9. The van der Waals surface area contributed by atoms with Crippen LogP contribution >= 0.6 is 34.0 Å². The van der Waals surface area contributed by atoms with E-state index in [0.29, 0.717) is 0 Å². The highest BCUT2D eigenvalue weighted by Crippen LogP contribution is 2.43. The zero-order chi connectivity index (χ0) is 30.9. The molecule has 0 bridgehead atoms. The third kappa shape index (κ3) is 4.48. The highest BCUT2D eigenvalue weighted by Gasteiger charge is 2.18. The van der Waals surface area contributed by atoms with Crippen molar-refractivity contribution in [1.82, 2.24) is 15.0 Å². The molecule has 3 nitrogen and oxygen atoms in total. The molecule has 0 saturated carbocycles. The van der Waals surface area contributed by atoms with E-state index in [2.05, 4.69) is 127 Å². The lowest BCUT2D eigenvalue weighted by atomic mass is 10.0. The number of benzene rings is 6. The summed E-state index contributed by atoms with van der Waals surface area (Å²) in [5, 5.41) is 6.04. The molecule has 220 valence electrons. The minimum Gasteiger partial charge on any atom is -0.236 e. The second-order valence-electron chi connectivity index (χ2n) is 11.6. The number of fused-ring (bicyclic) bond motifs is 7. The summed E-state index contributed by atoms with van der Waals surface area (Å²) in [4.78, 5) is 15.5. The van der Waals surface area contributed by atoms with Gasteiger partial charge in [-0.2, -0.15) is 0 Å². The summed E-state index contributed by atoms with van der Waals surface area (Å²) in [7, 11) is 0. The molecule has 6 aromatic carbocycles. The molecule has 0 amide bonds. The smallest absolute Gasteiger partial charge is 0.161 e. The molecule has 4 heterocycles. The number of hydrogen-bond acceptors (Lipinski definition) is 6. The Hall–Kier alpha value is -5.27. The normalized spacial score (nSPS) is 11.8. The molecular formula is C41H23N3S3. The minimum absolute atomic E-state index is 0.734. The van der Waals surface area contributed by atoms with Crippen LogP contribution < -0.4 is 0 Å². The summed E-state index contributed by atoms with van der Waals surface area (Å²) in [5.74, 6) is 0.734. The van der Waals surface area contributed by atoms with Crippen molar-refractivity contribution in [3.05, 3.63) is 140 Å². The van der Waals surface area contributed by atoms with E-state index in [1.165, 1.54) is 45.0 Å². The first-order valence-electron chi connectivity index (χ1n) is 15.4. The van der Waals surface area contributed by atoms with Crippen molar-refractivity contribution in [2.45, 2.75) is 0 Å². The third-order valence-corrected chi connectivity index (χ3v) is 12.1. The van der Waals surface area contributed by atoms with E-state index in [1.807, 2.05) is 23.5 Å². The number of rotatable bonds is 4. The standard InChI is InChI=1S/C41H23N3S3/c1-3-10-24(11-4-1)31-22-32(26-18-19-28-27-14-7-8-16-34(27)45-36(28)20-26)43-40(42-31)29-15-9-17-35-39(29)30-21-38-33(23-37(30)46-35)44-41(47-38)25-12-5-2-6-13-25/h1-23H. The van der Waals surface area contributed by atoms with E-state index in [1.54, 1.807) is 22.7 Å². The van der Waals surface area contributed by atoms with Crippen LogP contribution in [0.15, 0.2) is 140 Å². The monoisotopic (exact) mass is 653 g/mol. The van der Waals surface area contributed by atoms with Gasteiger partial charge in [-0.05, 0) is 36.4 Å². The molecule has 0 saturated heterocycles. The molecule has 0 fully saturated rings. The first kappa shape index (κ1) is 26.9. The molecule has 6 heteroatoms. The Balaban J connectivity index is 1.19. The summed E-state index contributed by atoms with van der Waals surface area (Å²) in [5.41, 5.74) is 7.22. The number of hydrogen-bond donors (Lipinski definition) is 0. The molecule has 47 heavy (non-hydrogen) atoms. The molecule has 10 aromatic rings. The Morgan fingerprint density at radius 2 is 1.06 bits per heavy atom. The maximum absolute atomic E-state index is 5.29. The van der Waals surface area contributed by atoms with Crippen LogP contribution in [0.25, 0.3) is 95.0 Å². The number of thiophene rings is 2. The summed E-state index contributed by atoms with van der Waals surface area (Å²) in [6, 6.07) is 49.4. The van der Waals surface area contributed by atoms with Crippen LogP contribution in [0.2, 0.25) is 0 Å². The average Bonchev–Trinajstić information content (AvgIpc) is 3.83. The quantitative estimate of drug-likeness (QED) is 0.190. The van der Waals surface area contributed by atoms with Gasteiger partial charge in [-0.3, -0.25) is 0 Å². The van der Waals surface area contributed by atoms with Crippen molar-refractivity contribution in [3.8, 4) is 44.5 Å². The van der Waals surface area contributed by atoms with Gasteiger partial charge in [0.1, 0.15) is 5.01 Å². The van der Waals surface area contributed by atoms with E-state index in [9.17, 15) is 0 Å². The van der Waals surface area contributed by atoms with E-state index >= 15 is 0 Å². The topological polar surface area (TPSA) is 38.7 Å². The average molecular weight is 654 g/mol.